The van der Waals surface area contributed by atoms with Crippen LogP contribution in [-0.2, 0) is 21.4 Å². The molecule has 3 heterocycles. The van der Waals surface area contributed by atoms with E-state index < -0.39 is 41.4 Å². The number of carbonyl (C=O) groups is 3. The number of alkyl halides is 1. The predicted octanol–water partition coefficient (Wildman–Crippen LogP) is 2.38. The number of imidazole rings is 1. The van der Waals surface area contributed by atoms with Gasteiger partial charge in [0.15, 0.2) is 0 Å². The third kappa shape index (κ3) is 4.26. The lowest BCUT2D eigenvalue weighted by molar-refractivity contribution is -0.135. The van der Waals surface area contributed by atoms with E-state index in [0.29, 0.717) is 29.6 Å². The largest absolute Gasteiger partial charge is 0.444 e. The highest BCUT2D eigenvalue weighted by Crippen LogP contribution is 2.36. The number of rotatable bonds is 2. The van der Waals surface area contributed by atoms with Crippen LogP contribution in [0.1, 0.15) is 57.6 Å². The van der Waals surface area contributed by atoms with E-state index in [9.17, 15) is 19.2 Å². The molecule has 2 aliphatic rings. The van der Waals surface area contributed by atoms with Gasteiger partial charge in [0.25, 0.3) is 0 Å². The zero-order valence-corrected chi connectivity index (χ0v) is 19.3. The Balaban J connectivity index is 1.66. The van der Waals surface area contributed by atoms with Crippen LogP contribution >= 0.6 is 0 Å². The Morgan fingerprint density at radius 2 is 1.91 bits per heavy atom. The summed E-state index contributed by atoms with van der Waals surface area (Å²) >= 11 is 0. The van der Waals surface area contributed by atoms with Gasteiger partial charge in [0, 0.05) is 25.9 Å². The third-order valence-corrected chi connectivity index (χ3v) is 6.25. The molecule has 9 nitrogen and oxygen atoms in total. The molecular weight excluding hydrogens is 431 g/mol. The molecule has 1 aromatic carbocycles. The first-order chi connectivity index (χ1) is 15.5. The van der Waals surface area contributed by atoms with E-state index in [1.54, 1.807) is 46.0 Å². The van der Waals surface area contributed by atoms with Crippen LogP contribution < -0.4 is 11.0 Å². The summed E-state index contributed by atoms with van der Waals surface area (Å²) in [6.07, 6.45) is -1.14. The summed E-state index contributed by atoms with van der Waals surface area (Å²) in [5.41, 5.74) is 0.688. The van der Waals surface area contributed by atoms with Gasteiger partial charge in [-0.25, -0.2) is 14.0 Å². The van der Waals surface area contributed by atoms with Crippen LogP contribution in [0, 0.1) is 0 Å². The zero-order valence-electron chi connectivity index (χ0n) is 19.3. The number of benzene rings is 1. The number of imide groups is 1. The molecule has 4 rings (SSSR count). The monoisotopic (exact) mass is 460 g/mol. The third-order valence-electron chi connectivity index (χ3n) is 6.25. The second-order valence-corrected chi connectivity index (χ2v) is 9.73. The second-order valence-electron chi connectivity index (χ2n) is 9.73. The van der Waals surface area contributed by atoms with Gasteiger partial charge in [0.2, 0.25) is 11.8 Å². The number of ether oxygens (including phenoxy) is 1. The number of para-hydroxylation sites is 1. The average Bonchev–Trinajstić information content (AvgIpc) is 2.98. The number of halogens is 1. The highest BCUT2D eigenvalue weighted by atomic mass is 19.1. The number of aromatic nitrogens is 2. The fourth-order valence-corrected chi connectivity index (χ4v) is 4.75. The van der Waals surface area contributed by atoms with E-state index in [1.807, 2.05) is 0 Å². The fourth-order valence-electron chi connectivity index (χ4n) is 4.75. The lowest BCUT2D eigenvalue weighted by Gasteiger charge is -2.36. The number of piperidine rings is 2. The van der Waals surface area contributed by atoms with Gasteiger partial charge in [-0.05, 0) is 45.2 Å². The van der Waals surface area contributed by atoms with Crippen molar-refractivity contribution in [1.29, 1.82) is 0 Å². The second kappa shape index (κ2) is 8.31. The van der Waals surface area contributed by atoms with E-state index in [4.69, 9.17) is 4.74 Å². The molecule has 2 aromatic rings. The quantitative estimate of drug-likeness (QED) is 0.694. The standard InChI is InChI=1S/C23H29FN4O5/c1-23(2,3)33-22(32)27-11-10-13(15(24)12-27)14-6-5-7-16-19(14)26(4)21(31)28(16)17-8-9-18(29)25-20(17)30/h5-7,13,15,17H,8-12H2,1-4H3,(H,25,29,30)/t13-,15+,17?/m0/s1. The molecule has 1 aromatic heterocycles. The molecule has 0 saturated carbocycles. The SMILES string of the molecule is Cn1c(=O)n(C2CCC(=O)NC2=O)c2cccc([C@@H]3CCN(C(=O)OC(C)(C)C)C[C@H]3F)c21. The van der Waals surface area contributed by atoms with Crippen molar-refractivity contribution in [2.75, 3.05) is 13.1 Å². The summed E-state index contributed by atoms with van der Waals surface area (Å²) in [6, 6.07) is 4.46. The van der Waals surface area contributed by atoms with Crippen LogP contribution in [0.25, 0.3) is 11.0 Å². The van der Waals surface area contributed by atoms with Crippen molar-refractivity contribution in [1.82, 2.24) is 19.4 Å². The van der Waals surface area contributed by atoms with Crippen molar-refractivity contribution >= 4 is 28.9 Å². The first kappa shape index (κ1) is 23.0. The Labute approximate surface area is 190 Å². The molecule has 0 bridgehead atoms. The first-order valence-corrected chi connectivity index (χ1v) is 11.1. The lowest BCUT2D eigenvalue weighted by atomic mass is 9.87. The molecular formula is C23H29FN4O5. The number of carbonyl (C=O) groups excluding carboxylic acids is 3. The number of hydrogen-bond acceptors (Lipinski definition) is 5. The molecule has 33 heavy (non-hydrogen) atoms. The van der Waals surface area contributed by atoms with Crippen molar-refractivity contribution in [3.05, 3.63) is 34.2 Å². The van der Waals surface area contributed by atoms with Crippen LogP contribution in [0.15, 0.2) is 23.0 Å². The van der Waals surface area contributed by atoms with E-state index in [0.717, 1.165) is 0 Å². The molecule has 0 radical (unpaired) electrons. The molecule has 10 heteroatoms. The number of likely N-dealkylation sites (tertiary alicyclic amines) is 1. The summed E-state index contributed by atoms with van der Waals surface area (Å²) in [5.74, 6) is -1.39. The molecule has 3 atom stereocenters. The molecule has 0 aliphatic carbocycles. The van der Waals surface area contributed by atoms with E-state index in [1.165, 1.54) is 14.0 Å². The van der Waals surface area contributed by atoms with E-state index in [2.05, 4.69) is 5.32 Å². The van der Waals surface area contributed by atoms with Gasteiger partial charge in [-0.3, -0.25) is 24.0 Å². The molecule has 1 N–H and O–H groups in total. The van der Waals surface area contributed by atoms with Crippen LogP contribution in [0.3, 0.4) is 0 Å². The van der Waals surface area contributed by atoms with Crippen molar-refractivity contribution < 1.29 is 23.5 Å². The number of nitrogens with zero attached hydrogens (tertiary/aromatic N) is 3. The Morgan fingerprint density at radius 1 is 1.18 bits per heavy atom. The number of aryl methyl sites for hydroxylation is 1. The minimum absolute atomic E-state index is 0.0994. The zero-order chi connectivity index (χ0) is 24.1. The average molecular weight is 461 g/mol. The van der Waals surface area contributed by atoms with Gasteiger partial charge < -0.3 is 9.64 Å². The molecule has 3 amide bonds. The fraction of sp³-hybridized carbons (Fsp3) is 0.565. The molecule has 1 unspecified atom stereocenters. The number of hydrogen-bond donors (Lipinski definition) is 1. The summed E-state index contributed by atoms with van der Waals surface area (Å²) in [5, 5.41) is 2.29. The molecule has 2 aliphatic heterocycles. The minimum atomic E-state index is -1.34. The van der Waals surface area contributed by atoms with Crippen LogP contribution in [0.2, 0.25) is 0 Å². The summed E-state index contributed by atoms with van der Waals surface area (Å²) < 4.78 is 23.6. The topological polar surface area (TPSA) is 103 Å². The van der Waals surface area contributed by atoms with Gasteiger partial charge in [-0.1, -0.05) is 12.1 Å². The van der Waals surface area contributed by atoms with Gasteiger partial charge in [-0.15, -0.1) is 0 Å². The Morgan fingerprint density at radius 3 is 2.55 bits per heavy atom. The van der Waals surface area contributed by atoms with Crippen LogP contribution in [-0.4, -0.2) is 56.8 Å². The van der Waals surface area contributed by atoms with Gasteiger partial charge >= 0.3 is 11.8 Å². The maximum atomic E-state index is 15.4. The number of nitrogens with one attached hydrogen (secondary N) is 1. The van der Waals surface area contributed by atoms with Crippen LogP contribution in [0.4, 0.5) is 9.18 Å². The molecule has 0 spiro atoms. The summed E-state index contributed by atoms with van der Waals surface area (Å²) in [4.78, 5) is 50.8. The van der Waals surface area contributed by atoms with Gasteiger partial charge in [0.05, 0.1) is 17.6 Å². The number of fused-ring (bicyclic) bond motifs is 1. The summed E-state index contributed by atoms with van der Waals surface area (Å²) in [6.45, 7) is 5.52. The lowest BCUT2D eigenvalue weighted by Crippen LogP contribution is -2.46. The van der Waals surface area contributed by atoms with E-state index >= 15 is 4.39 Å². The molecule has 2 fully saturated rings. The predicted molar refractivity (Wildman–Crippen MR) is 119 cm³/mol. The number of amides is 3. The Hall–Kier alpha value is -3.17. The molecule has 178 valence electrons. The Kier molecular flexibility index (Phi) is 5.79. The van der Waals surface area contributed by atoms with Gasteiger partial charge in [0.1, 0.15) is 17.8 Å². The van der Waals surface area contributed by atoms with Gasteiger partial charge in [-0.2, -0.15) is 0 Å². The maximum absolute atomic E-state index is 15.4. The molecule has 2 saturated heterocycles. The van der Waals surface area contributed by atoms with E-state index in [-0.39, 0.29) is 25.3 Å². The Bertz CT molecular complexity index is 1180. The van der Waals surface area contributed by atoms with Crippen molar-refractivity contribution in [3.63, 3.8) is 0 Å². The highest BCUT2D eigenvalue weighted by Gasteiger charge is 2.37. The van der Waals surface area contributed by atoms with Crippen molar-refractivity contribution in [3.8, 4) is 0 Å². The van der Waals surface area contributed by atoms with Crippen LogP contribution in [0.5, 0.6) is 0 Å². The smallest absolute Gasteiger partial charge is 0.410 e. The first-order valence-electron chi connectivity index (χ1n) is 11.1. The highest BCUT2D eigenvalue weighted by molar-refractivity contribution is 6.00. The summed E-state index contributed by atoms with van der Waals surface area (Å²) in [7, 11) is 1.60. The normalized spacial score (nSPS) is 24.2. The minimum Gasteiger partial charge on any atom is -0.444 e. The maximum Gasteiger partial charge on any atom is 0.410 e. The van der Waals surface area contributed by atoms with Crippen molar-refractivity contribution in [2.24, 2.45) is 7.05 Å². The van der Waals surface area contributed by atoms with Crippen molar-refractivity contribution in [2.45, 2.75) is 63.8 Å².